The number of carbonyl (C=O) groups is 1. The molecule has 18 heavy (non-hydrogen) atoms. The molecule has 2 rings (SSSR count). The molecule has 0 saturated carbocycles. The number of nitrogens with one attached hydrogen (secondary N) is 1. The number of carbonyl (C=O) groups excluding carboxylic acids is 1. The normalized spacial score (nSPS) is 24.7. The Labute approximate surface area is 107 Å². The highest BCUT2D eigenvalue weighted by atomic mass is 16.2. The lowest BCUT2D eigenvalue weighted by atomic mass is 10.1. The van der Waals surface area contributed by atoms with E-state index in [4.69, 9.17) is 0 Å². The standard InChI is InChI=1S/C13H20N4O/c1-10-8-17(9-11(2)15-10)13(18)5-4-12-6-7-14-16(12)3/h4-7,10-11,15H,8-9H2,1-3H3/b5-4+. The molecule has 2 unspecified atom stereocenters. The van der Waals surface area contributed by atoms with Gasteiger partial charge in [0.25, 0.3) is 0 Å². The summed E-state index contributed by atoms with van der Waals surface area (Å²) in [6.45, 7) is 5.72. The van der Waals surface area contributed by atoms with E-state index in [2.05, 4.69) is 24.3 Å². The summed E-state index contributed by atoms with van der Waals surface area (Å²) in [5.74, 6) is 0.0661. The number of nitrogens with zero attached hydrogens (tertiary/aromatic N) is 3. The molecule has 2 atom stereocenters. The van der Waals surface area contributed by atoms with Crippen molar-refractivity contribution >= 4 is 12.0 Å². The van der Waals surface area contributed by atoms with Gasteiger partial charge in [-0.1, -0.05) is 0 Å². The van der Waals surface area contributed by atoms with Crippen molar-refractivity contribution in [2.75, 3.05) is 13.1 Å². The van der Waals surface area contributed by atoms with Gasteiger partial charge in [-0.05, 0) is 26.0 Å². The highest BCUT2D eigenvalue weighted by Crippen LogP contribution is 2.06. The zero-order valence-electron chi connectivity index (χ0n) is 11.1. The maximum atomic E-state index is 12.1. The van der Waals surface area contributed by atoms with Crippen LogP contribution in [0.4, 0.5) is 0 Å². The molecular weight excluding hydrogens is 228 g/mol. The molecule has 0 aromatic carbocycles. The first kappa shape index (κ1) is 12.8. The minimum Gasteiger partial charge on any atom is -0.336 e. The highest BCUT2D eigenvalue weighted by Gasteiger charge is 2.23. The van der Waals surface area contributed by atoms with Gasteiger partial charge in [0.2, 0.25) is 5.91 Å². The SMILES string of the molecule is CC1CN(C(=O)/C=C/c2ccnn2C)CC(C)N1. The van der Waals surface area contributed by atoms with Crippen molar-refractivity contribution in [3.05, 3.63) is 24.0 Å². The van der Waals surface area contributed by atoms with Gasteiger partial charge in [0.1, 0.15) is 0 Å². The number of hydrogen-bond donors (Lipinski definition) is 1. The Morgan fingerprint density at radius 1 is 1.44 bits per heavy atom. The minimum absolute atomic E-state index is 0.0661. The molecule has 0 spiro atoms. The van der Waals surface area contributed by atoms with Crippen LogP contribution < -0.4 is 5.32 Å². The smallest absolute Gasteiger partial charge is 0.246 e. The highest BCUT2D eigenvalue weighted by molar-refractivity contribution is 5.91. The summed E-state index contributed by atoms with van der Waals surface area (Å²) in [5.41, 5.74) is 0.930. The molecule has 0 bridgehead atoms. The van der Waals surface area contributed by atoms with Crippen molar-refractivity contribution in [2.24, 2.45) is 7.05 Å². The Hall–Kier alpha value is -1.62. The summed E-state index contributed by atoms with van der Waals surface area (Å²) in [5, 5.41) is 7.47. The second-order valence-electron chi connectivity index (χ2n) is 4.92. The molecule has 98 valence electrons. The largest absolute Gasteiger partial charge is 0.336 e. The Morgan fingerprint density at radius 2 is 2.11 bits per heavy atom. The molecule has 2 heterocycles. The summed E-state index contributed by atoms with van der Waals surface area (Å²) in [6, 6.07) is 2.58. The molecule has 0 aliphatic carbocycles. The lowest BCUT2D eigenvalue weighted by Gasteiger charge is -2.35. The van der Waals surface area contributed by atoms with E-state index < -0.39 is 0 Å². The van der Waals surface area contributed by atoms with Gasteiger partial charge in [-0.15, -0.1) is 0 Å². The lowest BCUT2D eigenvalue weighted by Crippen LogP contribution is -2.55. The van der Waals surface area contributed by atoms with Gasteiger partial charge in [0, 0.05) is 44.5 Å². The first-order valence-corrected chi connectivity index (χ1v) is 6.27. The Kier molecular flexibility index (Phi) is 3.81. The predicted molar refractivity (Wildman–Crippen MR) is 70.9 cm³/mol. The monoisotopic (exact) mass is 248 g/mol. The maximum absolute atomic E-state index is 12.1. The number of rotatable bonds is 2. The molecule has 1 fully saturated rings. The van der Waals surface area contributed by atoms with Gasteiger partial charge in [-0.2, -0.15) is 5.10 Å². The molecule has 5 nitrogen and oxygen atoms in total. The van der Waals surface area contributed by atoms with E-state index in [1.807, 2.05) is 24.1 Å². The molecule has 1 aromatic heterocycles. The van der Waals surface area contributed by atoms with Gasteiger partial charge in [-0.3, -0.25) is 9.48 Å². The van der Waals surface area contributed by atoms with Crippen molar-refractivity contribution in [2.45, 2.75) is 25.9 Å². The van der Waals surface area contributed by atoms with Gasteiger partial charge < -0.3 is 10.2 Å². The van der Waals surface area contributed by atoms with Gasteiger partial charge in [0.05, 0.1) is 5.69 Å². The van der Waals surface area contributed by atoms with E-state index in [-0.39, 0.29) is 5.91 Å². The maximum Gasteiger partial charge on any atom is 0.246 e. The minimum atomic E-state index is 0.0661. The summed E-state index contributed by atoms with van der Waals surface area (Å²) in [4.78, 5) is 14.0. The van der Waals surface area contributed by atoms with Crippen LogP contribution in [0.2, 0.25) is 0 Å². The molecule has 1 aromatic rings. The predicted octanol–water partition coefficient (Wildman–Crippen LogP) is 0.642. The van der Waals surface area contributed by atoms with E-state index in [0.717, 1.165) is 18.8 Å². The van der Waals surface area contributed by atoms with Crippen LogP contribution in [0.25, 0.3) is 6.08 Å². The average Bonchev–Trinajstić information content (AvgIpc) is 2.70. The third-order valence-electron chi connectivity index (χ3n) is 3.12. The number of piperazine rings is 1. The van der Waals surface area contributed by atoms with E-state index in [0.29, 0.717) is 12.1 Å². The van der Waals surface area contributed by atoms with E-state index in [9.17, 15) is 4.79 Å². The van der Waals surface area contributed by atoms with Gasteiger partial charge in [-0.25, -0.2) is 0 Å². The molecule has 1 aliphatic heterocycles. The third kappa shape index (κ3) is 2.98. The topological polar surface area (TPSA) is 50.2 Å². The van der Waals surface area contributed by atoms with Crippen molar-refractivity contribution in [1.29, 1.82) is 0 Å². The van der Waals surface area contributed by atoms with E-state index in [1.165, 1.54) is 0 Å². The van der Waals surface area contributed by atoms with Crippen molar-refractivity contribution in [1.82, 2.24) is 20.0 Å². The second-order valence-corrected chi connectivity index (χ2v) is 4.92. The fourth-order valence-electron chi connectivity index (χ4n) is 2.32. The zero-order chi connectivity index (χ0) is 13.1. The molecule has 0 radical (unpaired) electrons. The number of aryl methyl sites for hydroxylation is 1. The van der Waals surface area contributed by atoms with Gasteiger partial charge >= 0.3 is 0 Å². The van der Waals surface area contributed by atoms with E-state index in [1.54, 1.807) is 17.0 Å². The summed E-state index contributed by atoms with van der Waals surface area (Å²) in [7, 11) is 1.86. The second kappa shape index (κ2) is 5.35. The molecular formula is C13H20N4O. The molecule has 1 N–H and O–H groups in total. The van der Waals surface area contributed by atoms with Crippen molar-refractivity contribution < 1.29 is 4.79 Å². The van der Waals surface area contributed by atoms with Gasteiger partial charge in [0.15, 0.2) is 0 Å². The quantitative estimate of drug-likeness (QED) is 0.782. The van der Waals surface area contributed by atoms with Crippen LogP contribution in [0.5, 0.6) is 0 Å². The lowest BCUT2D eigenvalue weighted by molar-refractivity contribution is -0.127. The van der Waals surface area contributed by atoms with Crippen LogP contribution in [0.3, 0.4) is 0 Å². The Bertz CT molecular complexity index is 442. The fraction of sp³-hybridized carbons (Fsp3) is 0.538. The van der Waals surface area contributed by atoms with Crippen LogP contribution in [0, 0.1) is 0 Å². The molecule has 1 amide bonds. The number of amides is 1. The summed E-state index contributed by atoms with van der Waals surface area (Å²) < 4.78 is 1.74. The van der Waals surface area contributed by atoms with Crippen molar-refractivity contribution in [3.8, 4) is 0 Å². The average molecular weight is 248 g/mol. The van der Waals surface area contributed by atoms with Crippen LogP contribution in [0.15, 0.2) is 18.3 Å². The third-order valence-corrected chi connectivity index (χ3v) is 3.12. The van der Waals surface area contributed by atoms with E-state index >= 15 is 0 Å². The van der Waals surface area contributed by atoms with Crippen LogP contribution >= 0.6 is 0 Å². The van der Waals surface area contributed by atoms with Crippen LogP contribution in [-0.4, -0.2) is 45.8 Å². The van der Waals surface area contributed by atoms with Crippen LogP contribution in [-0.2, 0) is 11.8 Å². The summed E-state index contributed by atoms with van der Waals surface area (Å²) in [6.07, 6.45) is 5.16. The fourth-order valence-corrected chi connectivity index (χ4v) is 2.32. The first-order chi connectivity index (χ1) is 8.56. The number of aromatic nitrogens is 2. The molecule has 1 aliphatic rings. The Morgan fingerprint density at radius 3 is 2.67 bits per heavy atom. The Balaban J connectivity index is 1.99. The van der Waals surface area contributed by atoms with Crippen molar-refractivity contribution in [3.63, 3.8) is 0 Å². The zero-order valence-corrected chi connectivity index (χ0v) is 11.1. The molecule has 5 heteroatoms. The van der Waals surface area contributed by atoms with Crippen LogP contribution in [0.1, 0.15) is 19.5 Å². The summed E-state index contributed by atoms with van der Waals surface area (Å²) >= 11 is 0. The molecule has 1 saturated heterocycles. The number of hydrogen-bond acceptors (Lipinski definition) is 3. The first-order valence-electron chi connectivity index (χ1n) is 6.27.